The fourth-order valence-corrected chi connectivity index (χ4v) is 4.94. The zero-order valence-electron chi connectivity index (χ0n) is 17.5. The Labute approximate surface area is 183 Å². The summed E-state index contributed by atoms with van der Waals surface area (Å²) in [5.74, 6) is -2.02. The van der Waals surface area contributed by atoms with E-state index in [9.17, 15) is 18.7 Å². The fraction of sp³-hybridized carbons (Fsp3) is 0.280. The molecular formula is C25H23F2N3O2. The normalized spacial score (nSPS) is 16.1. The van der Waals surface area contributed by atoms with Crippen LogP contribution in [0.4, 0.5) is 8.78 Å². The predicted molar refractivity (Wildman–Crippen MR) is 117 cm³/mol. The first-order valence-electron chi connectivity index (χ1n) is 10.8. The molecule has 1 atom stereocenters. The molecule has 0 bridgehead atoms. The molecule has 5 rings (SSSR count). The molecule has 1 N–H and O–H groups in total. The minimum Gasteiger partial charge on any atom is -0.481 e. The van der Waals surface area contributed by atoms with Crippen molar-refractivity contribution in [3.8, 4) is 5.69 Å². The first kappa shape index (κ1) is 20.4. The summed E-state index contributed by atoms with van der Waals surface area (Å²) in [6, 6.07) is 10.3. The van der Waals surface area contributed by atoms with E-state index in [4.69, 9.17) is 0 Å². The second-order valence-corrected chi connectivity index (χ2v) is 8.49. The quantitative estimate of drug-likeness (QED) is 0.443. The summed E-state index contributed by atoms with van der Waals surface area (Å²) < 4.78 is 32.9. The second-order valence-electron chi connectivity index (χ2n) is 8.49. The van der Waals surface area contributed by atoms with Crippen molar-refractivity contribution in [2.45, 2.75) is 38.6 Å². The highest BCUT2D eigenvalue weighted by molar-refractivity contribution is 5.86. The number of hydrogen-bond donors (Lipinski definition) is 1. The van der Waals surface area contributed by atoms with Crippen LogP contribution in [0.1, 0.15) is 36.1 Å². The van der Waals surface area contributed by atoms with Gasteiger partial charge >= 0.3 is 5.97 Å². The number of halogens is 2. The summed E-state index contributed by atoms with van der Waals surface area (Å²) in [6.07, 6.45) is 8.22. The Kier molecular flexibility index (Phi) is 5.25. The van der Waals surface area contributed by atoms with Crippen LogP contribution < -0.4 is 0 Å². The van der Waals surface area contributed by atoms with Crippen LogP contribution in [0.2, 0.25) is 0 Å². The summed E-state index contributed by atoms with van der Waals surface area (Å²) in [5, 5.41) is 9.91. The van der Waals surface area contributed by atoms with Gasteiger partial charge in [-0.05, 0) is 60.9 Å². The molecule has 0 saturated carbocycles. The largest absolute Gasteiger partial charge is 0.481 e. The van der Waals surface area contributed by atoms with E-state index in [0.29, 0.717) is 30.3 Å². The third-order valence-corrected chi connectivity index (χ3v) is 6.36. The van der Waals surface area contributed by atoms with E-state index in [2.05, 4.69) is 4.98 Å². The summed E-state index contributed by atoms with van der Waals surface area (Å²) >= 11 is 0. The Morgan fingerprint density at radius 1 is 1.19 bits per heavy atom. The molecule has 164 valence electrons. The van der Waals surface area contributed by atoms with Crippen LogP contribution in [-0.2, 0) is 24.2 Å². The first-order valence-corrected chi connectivity index (χ1v) is 10.8. The van der Waals surface area contributed by atoms with E-state index < -0.39 is 17.6 Å². The van der Waals surface area contributed by atoms with Gasteiger partial charge in [0.1, 0.15) is 11.6 Å². The molecule has 0 spiro atoms. The molecule has 0 radical (unpaired) electrons. The average molecular weight is 435 g/mol. The number of hydrogen-bond acceptors (Lipinski definition) is 2. The standard InChI is InChI=1S/C25H23F2N3O2/c26-18-12-21-20-3-1-2-17(11-24(31)32)10-23(20)30(25(21)22(27)13-18)14-16-4-6-19(7-5-16)29-9-8-28-15-29/h4-9,12-13,15,17H,1-3,10-11,14H2,(H,31,32). The number of aryl methyl sites for hydroxylation is 1. The Bertz CT molecular complexity index is 1280. The van der Waals surface area contributed by atoms with Crippen LogP contribution in [0, 0.1) is 17.6 Å². The molecule has 32 heavy (non-hydrogen) atoms. The van der Waals surface area contributed by atoms with Crippen molar-refractivity contribution in [2.24, 2.45) is 5.92 Å². The zero-order valence-corrected chi connectivity index (χ0v) is 17.5. The second kappa shape index (κ2) is 8.22. The average Bonchev–Trinajstić information content (AvgIpc) is 3.31. The van der Waals surface area contributed by atoms with Crippen molar-refractivity contribution in [3.05, 3.63) is 83.6 Å². The highest BCUT2D eigenvalue weighted by Gasteiger charge is 2.27. The maximum atomic E-state index is 15.0. The Hall–Kier alpha value is -3.48. The van der Waals surface area contributed by atoms with Crippen molar-refractivity contribution >= 4 is 16.9 Å². The number of aliphatic carboxylic acids is 1. The minimum absolute atomic E-state index is 0.0201. The van der Waals surface area contributed by atoms with Gasteiger partial charge in [0.05, 0.1) is 11.8 Å². The van der Waals surface area contributed by atoms with Gasteiger partial charge in [0.15, 0.2) is 0 Å². The third-order valence-electron chi connectivity index (χ3n) is 6.36. The number of rotatable bonds is 5. The fourth-order valence-electron chi connectivity index (χ4n) is 4.94. The van der Waals surface area contributed by atoms with Crippen LogP contribution in [0.5, 0.6) is 0 Å². The van der Waals surface area contributed by atoms with Gasteiger partial charge in [-0.15, -0.1) is 0 Å². The van der Waals surface area contributed by atoms with E-state index in [1.165, 1.54) is 6.07 Å². The highest BCUT2D eigenvalue weighted by atomic mass is 19.1. The molecule has 0 aliphatic heterocycles. The lowest BCUT2D eigenvalue weighted by molar-refractivity contribution is -0.138. The lowest BCUT2D eigenvalue weighted by Gasteiger charge is -2.16. The number of benzene rings is 2. The van der Waals surface area contributed by atoms with Crippen molar-refractivity contribution in [1.29, 1.82) is 0 Å². The molecule has 0 saturated heterocycles. The van der Waals surface area contributed by atoms with Crippen LogP contribution in [0.15, 0.2) is 55.1 Å². The molecule has 1 unspecified atom stereocenters. The van der Waals surface area contributed by atoms with Crippen LogP contribution in [-0.4, -0.2) is 25.2 Å². The molecule has 5 nitrogen and oxygen atoms in total. The van der Waals surface area contributed by atoms with Gasteiger partial charge in [-0.2, -0.15) is 0 Å². The summed E-state index contributed by atoms with van der Waals surface area (Å²) in [4.78, 5) is 15.4. The maximum absolute atomic E-state index is 15.0. The Morgan fingerprint density at radius 3 is 2.72 bits per heavy atom. The van der Waals surface area contributed by atoms with Gasteiger partial charge in [0, 0.05) is 48.2 Å². The van der Waals surface area contributed by atoms with E-state index in [-0.39, 0.29) is 12.3 Å². The molecular weight excluding hydrogens is 412 g/mol. The number of nitrogens with zero attached hydrogens (tertiary/aromatic N) is 3. The smallest absolute Gasteiger partial charge is 0.303 e. The molecule has 7 heteroatoms. The van der Waals surface area contributed by atoms with Gasteiger partial charge in [0.2, 0.25) is 0 Å². The molecule has 1 aliphatic carbocycles. The van der Waals surface area contributed by atoms with Crippen molar-refractivity contribution in [1.82, 2.24) is 14.1 Å². The Balaban J connectivity index is 1.58. The Morgan fingerprint density at radius 2 is 2.00 bits per heavy atom. The number of aromatic nitrogens is 3. The van der Waals surface area contributed by atoms with Gasteiger partial charge in [0.25, 0.3) is 0 Å². The van der Waals surface area contributed by atoms with E-state index in [0.717, 1.165) is 41.4 Å². The van der Waals surface area contributed by atoms with Gasteiger partial charge in [-0.3, -0.25) is 4.79 Å². The predicted octanol–water partition coefficient (Wildman–Crippen LogP) is 5.12. The molecule has 0 fully saturated rings. The molecule has 2 aromatic carbocycles. The maximum Gasteiger partial charge on any atom is 0.303 e. The summed E-state index contributed by atoms with van der Waals surface area (Å²) in [5.41, 5.74) is 4.22. The van der Waals surface area contributed by atoms with E-state index in [1.807, 2.05) is 39.6 Å². The van der Waals surface area contributed by atoms with Crippen LogP contribution in [0.3, 0.4) is 0 Å². The lowest BCUT2D eigenvalue weighted by atomic mass is 9.96. The van der Waals surface area contributed by atoms with E-state index in [1.54, 1.807) is 12.5 Å². The molecule has 2 heterocycles. The number of carboxylic acid groups (broad SMARTS) is 1. The molecule has 0 amide bonds. The van der Waals surface area contributed by atoms with Crippen LogP contribution >= 0.6 is 0 Å². The number of imidazole rings is 1. The number of fused-ring (bicyclic) bond motifs is 3. The molecule has 4 aromatic rings. The number of carbonyl (C=O) groups is 1. The highest BCUT2D eigenvalue weighted by Crippen LogP contribution is 2.36. The minimum atomic E-state index is -0.826. The summed E-state index contributed by atoms with van der Waals surface area (Å²) in [7, 11) is 0. The van der Waals surface area contributed by atoms with Crippen molar-refractivity contribution in [3.63, 3.8) is 0 Å². The topological polar surface area (TPSA) is 60.0 Å². The lowest BCUT2D eigenvalue weighted by Crippen LogP contribution is -2.13. The summed E-state index contributed by atoms with van der Waals surface area (Å²) in [6.45, 7) is 0.429. The third kappa shape index (κ3) is 3.79. The van der Waals surface area contributed by atoms with E-state index >= 15 is 0 Å². The van der Waals surface area contributed by atoms with Crippen molar-refractivity contribution < 1.29 is 18.7 Å². The van der Waals surface area contributed by atoms with Crippen LogP contribution in [0.25, 0.3) is 16.6 Å². The monoisotopic (exact) mass is 435 g/mol. The molecule has 1 aliphatic rings. The van der Waals surface area contributed by atoms with Gasteiger partial charge in [-0.25, -0.2) is 13.8 Å². The first-order chi connectivity index (χ1) is 15.5. The van der Waals surface area contributed by atoms with Gasteiger partial charge < -0.3 is 14.2 Å². The SMILES string of the molecule is O=C(O)CC1CCCc2c(n(Cc3ccc(-n4ccnc4)cc3)c3c(F)cc(F)cc23)C1. The number of carboxylic acids is 1. The van der Waals surface area contributed by atoms with Crippen molar-refractivity contribution in [2.75, 3.05) is 0 Å². The zero-order chi connectivity index (χ0) is 22.2. The molecule has 2 aromatic heterocycles. The van der Waals surface area contributed by atoms with Gasteiger partial charge in [-0.1, -0.05) is 12.1 Å².